The van der Waals surface area contributed by atoms with Gasteiger partial charge in [-0.1, -0.05) is 12.1 Å². The van der Waals surface area contributed by atoms with Crippen LogP contribution in [0.3, 0.4) is 0 Å². The predicted molar refractivity (Wildman–Crippen MR) is 108 cm³/mol. The Labute approximate surface area is 163 Å². The second-order valence-corrected chi connectivity index (χ2v) is 5.99. The smallest absolute Gasteiger partial charge is 0.337 e. The molecule has 7 nitrogen and oxygen atoms in total. The average Bonchev–Trinajstić information content (AvgIpc) is 2.74. The Morgan fingerprint density at radius 2 is 1.89 bits per heavy atom. The molecule has 0 bridgehead atoms. The van der Waals surface area contributed by atoms with Gasteiger partial charge in [0.1, 0.15) is 11.6 Å². The van der Waals surface area contributed by atoms with Crippen LogP contribution in [-0.2, 0) is 11.2 Å². The Morgan fingerprint density at radius 1 is 1.07 bits per heavy atom. The molecule has 0 aliphatic carbocycles. The highest BCUT2D eigenvalue weighted by Crippen LogP contribution is 2.17. The molecule has 3 rings (SSSR count). The van der Waals surface area contributed by atoms with Gasteiger partial charge in [0.15, 0.2) is 0 Å². The average molecular weight is 378 g/mol. The Morgan fingerprint density at radius 3 is 2.64 bits per heavy atom. The van der Waals surface area contributed by atoms with E-state index in [1.807, 2.05) is 18.2 Å². The fraction of sp³-hybridized carbons (Fsp3) is 0.190. The number of aromatic nitrogens is 2. The van der Waals surface area contributed by atoms with Crippen LogP contribution >= 0.6 is 0 Å². The number of carbonyl (C=O) groups is 1. The van der Waals surface area contributed by atoms with Crippen LogP contribution in [0.15, 0.2) is 60.8 Å². The molecule has 0 radical (unpaired) electrons. The van der Waals surface area contributed by atoms with Gasteiger partial charge in [-0.15, -0.1) is 0 Å². The fourth-order valence-corrected chi connectivity index (χ4v) is 2.62. The van der Waals surface area contributed by atoms with Crippen LogP contribution in [-0.4, -0.2) is 36.7 Å². The van der Waals surface area contributed by atoms with Gasteiger partial charge >= 0.3 is 5.97 Å². The molecule has 0 spiro atoms. The van der Waals surface area contributed by atoms with Crippen molar-refractivity contribution in [3.63, 3.8) is 0 Å². The second kappa shape index (κ2) is 9.36. The summed E-state index contributed by atoms with van der Waals surface area (Å²) in [4.78, 5) is 20.2. The third-order valence-corrected chi connectivity index (χ3v) is 4.06. The van der Waals surface area contributed by atoms with Crippen LogP contribution in [0, 0.1) is 0 Å². The number of hydrogen-bond acceptors (Lipinski definition) is 7. The maximum Gasteiger partial charge on any atom is 0.337 e. The molecule has 1 aromatic heterocycles. The number of ether oxygens (including phenoxy) is 2. The zero-order valence-corrected chi connectivity index (χ0v) is 15.8. The van der Waals surface area contributed by atoms with Gasteiger partial charge in [-0.3, -0.25) is 0 Å². The number of esters is 1. The van der Waals surface area contributed by atoms with Crippen molar-refractivity contribution in [3.05, 3.63) is 71.9 Å². The lowest BCUT2D eigenvalue weighted by Gasteiger charge is -2.09. The first kappa shape index (κ1) is 19.2. The Balaban J connectivity index is 1.57. The number of carbonyl (C=O) groups excluding carboxylic acids is 1. The van der Waals surface area contributed by atoms with Gasteiger partial charge in [-0.05, 0) is 54.4 Å². The second-order valence-electron chi connectivity index (χ2n) is 5.99. The summed E-state index contributed by atoms with van der Waals surface area (Å²) < 4.78 is 9.94. The lowest BCUT2D eigenvalue weighted by Crippen LogP contribution is -2.08. The van der Waals surface area contributed by atoms with Crippen molar-refractivity contribution in [2.24, 2.45) is 0 Å². The molecule has 0 atom stereocenters. The standard InChI is InChI=1S/C21H22N4O3/c1-27-18-5-3-4-15(14-18)10-12-22-21-23-13-11-19(25-21)24-17-8-6-16(7-9-17)20(26)28-2/h3-9,11,13-14H,10,12H2,1-2H3,(H2,22,23,24,25). The Bertz CT molecular complexity index is 929. The molecular formula is C21H22N4O3. The van der Waals surface area contributed by atoms with Crippen LogP contribution in [0.25, 0.3) is 0 Å². The van der Waals surface area contributed by atoms with Crippen molar-refractivity contribution in [1.29, 1.82) is 0 Å². The van der Waals surface area contributed by atoms with Crippen LogP contribution < -0.4 is 15.4 Å². The quantitative estimate of drug-likeness (QED) is 0.579. The molecule has 0 aliphatic rings. The van der Waals surface area contributed by atoms with E-state index in [9.17, 15) is 4.79 Å². The summed E-state index contributed by atoms with van der Waals surface area (Å²) in [6.07, 6.45) is 2.51. The van der Waals surface area contributed by atoms with Crippen molar-refractivity contribution in [2.75, 3.05) is 31.4 Å². The van der Waals surface area contributed by atoms with Crippen LogP contribution in [0.2, 0.25) is 0 Å². The summed E-state index contributed by atoms with van der Waals surface area (Å²) >= 11 is 0. The van der Waals surface area contributed by atoms with Crippen molar-refractivity contribution in [1.82, 2.24) is 9.97 Å². The van der Waals surface area contributed by atoms with Gasteiger partial charge in [-0.2, -0.15) is 4.98 Å². The maximum absolute atomic E-state index is 11.5. The van der Waals surface area contributed by atoms with E-state index < -0.39 is 0 Å². The monoisotopic (exact) mass is 378 g/mol. The summed E-state index contributed by atoms with van der Waals surface area (Å²) in [6.45, 7) is 0.699. The summed E-state index contributed by atoms with van der Waals surface area (Å²) in [6, 6.07) is 16.7. The summed E-state index contributed by atoms with van der Waals surface area (Å²) in [5, 5.41) is 6.42. The van der Waals surface area contributed by atoms with Gasteiger partial charge in [0, 0.05) is 18.4 Å². The highest BCUT2D eigenvalue weighted by atomic mass is 16.5. The van der Waals surface area contributed by atoms with E-state index >= 15 is 0 Å². The summed E-state index contributed by atoms with van der Waals surface area (Å²) in [5.74, 6) is 1.68. The molecule has 1 heterocycles. The third-order valence-electron chi connectivity index (χ3n) is 4.06. The molecule has 2 aromatic carbocycles. The molecule has 0 saturated carbocycles. The summed E-state index contributed by atoms with van der Waals surface area (Å²) in [7, 11) is 3.02. The zero-order valence-electron chi connectivity index (χ0n) is 15.8. The Kier molecular flexibility index (Phi) is 6.41. The maximum atomic E-state index is 11.5. The molecule has 144 valence electrons. The van der Waals surface area contributed by atoms with E-state index in [1.54, 1.807) is 43.6 Å². The molecular weight excluding hydrogens is 356 g/mol. The summed E-state index contributed by atoms with van der Waals surface area (Å²) in [5.41, 5.74) is 2.48. The van der Waals surface area contributed by atoms with Crippen molar-refractivity contribution in [2.45, 2.75) is 6.42 Å². The number of rotatable bonds is 8. The van der Waals surface area contributed by atoms with Crippen molar-refractivity contribution < 1.29 is 14.3 Å². The number of benzene rings is 2. The fourth-order valence-electron chi connectivity index (χ4n) is 2.62. The minimum atomic E-state index is -0.365. The van der Waals surface area contributed by atoms with Gasteiger partial charge in [0.05, 0.1) is 19.8 Å². The normalized spacial score (nSPS) is 10.2. The van der Waals surface area contributed by atoms with Crippen LogP contribution in [0.4, 0.5) is 17.5 Å². The third kappa shape index (κ3) is 5.20. The van der Waals surface area contributed by atoms with E-state index in [2.05, 4.69) is 26.7 Å². The number of nitrogens with one attached hydrogen (secondary N) is 2. The Hall–Kier alpha value is -3.61. The minimum absolute atomic E-state index is 0.365. The van der Waals surface area contributed by atoms with E-state index in [1.165, 1.54) is 12.7 Å². The first-order valence-electron chi connectivity index (χ1n) is 8.83. The molecule has 0 fully saturated rings. The van der Waals surface area contributed by atoms with Crippen LogP contribution in [0.5, 0.6) is 5.75 Å². The number of nitrogens with zero attached hydrogens (tertiary/aromatic N) is 2. The topological polar surface area (TPSA) is 85.4 Å². The van der Waals surface area contributed by atoms with Gasteiger partial charge in [-0.25, -0.2) is 9.78 Å². The number of methoxy groups -OCH3 is 2. The highest BCUT2D eigenvalue weighted by molar-refractivity contribution is 5.89. The number of anilines is 3. The minimum Gasteiger partial charge on any atom is -0.497 e. The molecule has 2 N–H and O–H groups in total. The lowest BCUT2D eigenvalue weighted by molar-refractivity contribution is 0.0601. The number of hydrogen-bond donors (Lipinski definition) is 2. The van der Waals surface area contributed by atoms with Gasteiger partial charge < -0.3 is 20.1 Å². The molecule has 0 amide bonds. The van der Waals surface area contributed by atoms with Gasteiger partial charge in [0.2, 0.25) is 5.95 Å². The van der Waals surface area contributed by atoms with Crippen molar-refractivity contribution in [3.8, 4) is 5.75 Å². The van der Waals surface area contributed by atoms with Gasteiger partial charge in [0.25, 0.3) is 0 Å². The molecule has 28 heavy (non-hydrogen) atoms. The SMILES string of the molecule is COC(=O)c1ccc(Nc2ccnc(NCCc3cccc(OC)c3)n2)cc1. The van der Waals surface area contributed by atoms with Crippen molar-refractivity contribution >= 4 is 23.4 Å². The van der Waals surface area contributed by atoms with E-state index in [0.717, 1.165) is 17.9 Å². The molecule has 0 unspecified atom stereocenters. The molecule has 0 aliphatic heterocycles. The highest BCUT2D eigenvalue weighted by Gasteiger charge is 2.05. The van der Waals surface area contributed by atoms with E-state index in [-0.39, 0.29) is 5.97 Å². The van der Waals surface area contributed by atoms with E-state index in [0.29, 0.717) is 23.9 Å². The first-order chi connectivity index (χ1) is 13.7. The predicted octanol–water partition coefficient (Wildman–Crippen LogP) is 3.67. The van der Waals surface area contributed by atoms with E-state index in [4.69, 9.17) is 9.47 Å². The zero-order chi connectivity index (χ0) is 19.8. The first-order valence-corrected chi connectivity index (χ1v) is 8.83. The lowest BCUT2D eigenvalue weighted by atomic mass is 10.1. The molecule has 0 saturated heterocycles. The van der Waals surface area contributed by atoms with Crippen LogP contribution in [0.1, 0.15) is 15.9 Å². The molecule has 3 aromatic rings. The molecule has 7 heteroatoms. The largest absolute Gasteiger partial charge is 0.497 e.